The number of oxazole rings is 1. The smallest absolute Gasteiger partial charge is 0.407 e. The summed E-state index contributed by atoms with van der Waals surface area (Å²) < 4.78 is 10.4. The van der Waals surface area contributed by atoms with Crippen LogP contribution in [0.3, 0.4) is 0 Å². The Bertz CT molecular complexity index is 784. The van der Waals surface area contributed by atoms with E-state index in [0.29, 0.717) is 24.1 Å². The van der Waals surface area contributed by atoms with Crippen molar-refractivity contribution in [3.63, 3.8) is 0 Å². The fourth-order valence-electron chi connectivity index (χ4n) is 3.24. The molecule has 0 saturated heterocycles. The number of aromatic nitrogens is 3. The molecule has 3 N–H and O–H groups in total. The molecule has 0 radical (unpaired) electrons. The maximum atomic E-state index is 12.1. The first kappa shape index (κ1) is 18.9. The number of hydrogen-bond acceptors (Lipinski definition) is 6. The van der Waals surface area contributed by atoms with Gasteiger partial charge in [-0.15, -0.1) is 0 Å². The first-order valence-corrected chi connectivity index (χ1v) is 9.23. The summed E-state index contributed by atoms with van der Waals surface area (Å²) in [6.45, 7) is 4.12. The molecule has 146 valence electrons. The first-order chi connectivity index (χ1) is 13.0. The molecule has 0 aromatic carbocycles. The number of rotatable bonds is 7. The molecular formula is C18H25N5O4. The fourth-order valence-corrected chi connectivity index (χ4v) is 3.24. The monoisotopic (exact) mass is 375 g/mol. The first-order valence-electron chi connectivity index (χ1n) is 9.23. The van der Waals surface area contributed by atoms with Crippen LogP contribution in [0.25, 0.3) is 0 Å². The van der Waals surface area contributed by atoms with E-state index in [0.717, 1.165) is 31.4 Å². The van der Waals surface area contributed by atoms with E-state index in [4.69, 9.17) is 9.15 Å². The minimum atomic E-state index is -0.359. The zero-order chi connectivity index (χ0) is 19.2. The van der Waals surface area contributed by atoms with E-state index in [-0.39, 0.29) is 30.4 Å². The van der Waals surface area contributed by atoms with Crippen molar-refractivity contribution in [2.24, 2.45) is 0 Å². The highest BCUT2D eigenvalue weighted by Crippen LogP contribution is 2.34. The van der Waals surface area contributed by atoms with Crippen LogP contribution < -0.4 is 10.6 Å². The van der Waals surface area contributed by atoms with Gasteiger partial charge in [0.2, 0.25) is 5.91 Å². The van der Waals surface area contributed by atoms with Crippen molar-refractivity contribution in [3.05, 3.63) is 29.6 Å². The van der Waals surface area contributed by atoms with Gasteiger partial charge in [0, 0.05) is 30.6 Å². The number of carbonyl (C=O) groups is 2. The normalized spacial score (nSPS) is 19.0. The Hall–Kier alpha value is -2.84. The standard InChI is InChI=1S/C18H25N5O4/c1-3-6-26-18(25)20-13-5-4-12(7-13)15-9-16(23-22-15)21-17(24)8-14-10-19-11(2)27-14/h9-10,12-13H,3-8H2,1-2H3,(H,20,25)(H2,21,22,23,24). The molecule has 2 heterocycles. The molecule has 0 aliphatic heterocycles. The van der Waals surface area contributed by atoms with Crippen LogP contribution in [-0.4, -0.2) is 39.8 Å². The summed E-state index contributed by atoms with van der Waals surface area (Å²) in [5.41, 5.74) is 0.951. The van der Waals surface area contributed by atoms with Gasteiger partial charge in [0.25, 0.3) is 0 Å². The Labute approximate surface area is 157 Å². The molecule has 2 aromatic rings. The van der Waals surface area contributed by atoms with Gasteiger partial charge in [0.05, 0.1) is 19.2 Å². The molecule has 2 atom stereocenters. The van der Waals surface area contributed by atoms with E-state index in [9.17, 15) is 9.59 Å². The lowest BCUT2D eigenvalue weighted by molar-refractivity contribution is -0.115. The van der Waals surface area contributed by atoms with Gasteiger partial charge in [-0.2, -0.15) is 5.10 Å². The predicted molar refractivity (Wildman–Crippen MR) is 97.3 cm³/mol. The van der Waals surface area contributed by atoms with Gasteiger partial charge >= 0.3 is 6.09 Å². The fraction of sp³-hybridized carbons (Fsp3) is 0.556. The highest BCUT2D eigenvalue weighted by Gasteiger charge is 2.28. The van der Waals surface area contributed by atoms with E-state index in [1.54, 1.807) is 13.1 Å². The molecule has 1 saturated carbocycles. The van der Waals surface area contributed by atoms with Crippen LogP contribution in [0.15, 0.2) is 16.7 Å². The summed E-state index contributed by atoms with van der Waals surface area (Å²) in [4.78, 5) is 27.7. The Morgan fingerprint density at radius 2 is 2.26 bits per heavy atom. The molecule has 1 aliphatic carbocycles. The number of amides is 2. The predicted octanol–water partition coefficient (Wildman–Crippen LogP) is 2.66. The maximum absolute atomic E-state index is 12.1. The van der Waals surface area contributed by atoms with Gasteiger partial charge in [-0.3, -0.25) is 9.89 Å². The summed E-state index contributed by atoms with van der Waals surface area (Å²) in [5.74, 6) is 1.57. The SMILES string of the molecule is CCCOC(=O)NC1CCC(c2cc(NC(=O)Cc3cnc(C)o3)n[nH]2)C1. The van der Waals surface area contributed by atoms with Crippen molar-refractivity contribution in [2.45, 2.75) is 57.9 Å². The Morgan fingerprint density at radius 3 is 3.00 bits per heavy atom. The van der Waals surface area contributed by atoms with Gasteiger partial charge < -0.3 is 19.8 Å². The number of aryl methyl sites for hydroxylation is 1. The molecule has 0 spiro atoms. The zero-order valence-corrected chi connectivity index (χ0v) is 15.6. The van der Waals surface area contributed by atoms with E-state index in [1.165, 1.54) is 0 Å². The van der Waals surface area contributed by atoms with Crippen LogP contribution in [0.5, 0.6) is 0 Å². The van der Waals surface area contributed by atoms with Gasteiger partial charge in [-0.25, -0.2) is 9.78 Å². The molecule has 27 heavy (non-hydrogen) atoms. The molecular weight excluding hydrogens is 350 g/mol. The number of H-pyrrole nitrogens is 1. The van der Waals surface area contributed by atoms with Gasteiger partial charge in [-0.1, -0.05) is 6.92 Å². The molecule has 9 heteroatoms. The Balaban J connectivity index is 1.47. The summed E-state index contributed by atoms with van der Waals surface area (Å²) in [6, 6.07) is 1.93. The van der Waals surface area contributed by atoms with E-state index < -0.39 is 0 Å². The van der Waals surface area contributed by atoms with Crippen molar-refractivity contribution < 1.29 is 18.7 Å². The van der Waals surface area contributed by atoms with Gasteiger partial charge in [0.15, 0.2) is 11.7 Å². The molecule has 1 fully saturated rings. The third-order valence-corrected chi connectivity index (χ3v) is 4.50. The van der Waals surface area contributed by atoms with E-state index >= 15 is 0 Å². The summed E-state index contributed by atoms with van der Waals surface area (Å²) >= 11 is 0. The third kappa shape index (κ3) is 5.32. The van der Waals surface area contributed by atoms with Crippen LogP contribution in [-0.2, 0) is 16.0 Å². The number of ether oxygens (including phenoxy) is 1. The number of hydrogen-bond donors (Lipinski definition) is 3. The van der Waals surface area contributed by atoms with Crippen molar-refractivity contribution >= 4 is 17.8 Å². The Kier molecular flexibility index (Phi) is 6.10. The largest absolute Gasteiger partial charge is 0.450 e. The number of alkyl carbamates (subject to hydrolysis) is 1. The van der Waals surface area contributed by atoms with Crippen molar-refractivity contribution in [1.29, 1.82) is 0 Å². The minimum Gasteiger partial charge on any atom is -0.450 e. The van der Waals surface area contributed by atoms with E-state index in [2.05, 4.69) is 25.8 Å². The molecule has 2 aromatic heterocycles. The molecule has 0 bridgehead atoms. The van der Waals surface area contributed by atoms with Gasteiger partial charge in [0.1, 0.15) is 5.76 Å². The maximum Gasteiger partial charge on any atom is 0.407 e. The quantitative estimate of drug-likeness (QED) is 0.684. The number of nitrogens with zero attached hydrogens (tertiary/aromatic N) is 2. The lowest BCUT2D eigenvalue weighted by Gasteiger charge is -2.12. The third-order valence-electron chi connectivity index (χ3n) is 4.50. The second-order valence-corrected chi connectivity index (χ2v) is 6.77. The van der Waals surface area contributed by atoms with Crippen LogP contribution in [0.2, 0.25) is 0 Å². The average molecular weight is 375 g/mol. The molecule has 3 rings (SSSR count). The number of anilines is 1. The van der Waals surface area contributed by atoms with Crippen LogP contribution in [0, 0.1) is 6.92 Å². The zero-order valence-electron chi connectivity index (χ0n) is 15.6. The van der Waals surface area contributed by atoms with Crippen LogP contribution >= 0.6 is 0 Å². The number of nitrogens with one attached hydrogen (secondary N) is 3. The van der Waals surface area contributed by atoms with Gasteiger partial charge in [-0.05, 0) is 25.7 Å². The Morgan fingerprint density at radius 1 is 1.41 bits per heavy atom. The van der Waals surface area contributed by atoms with Crippen molar-refractivity contribution in [3.8, 4) is 0 Å². The second-order valence-electron chi connectivity index (χ2n) is 6.77. The van der Waals surface area contributed by atoms with Crippen LogP contribution in [0.4, 0.5) is 10.6 Å². The lowest BCUT2D eigenvalue weighted by atomic mass is 10.0. The molecule has 9 nitrogen and oxygen atoms in total. The minimum absolute atomic E-state index is 0.0930. The van der Waals surface area contributed by atoms with Crippen LogP contribution in [0.1, 0.15) is 55.9 Å². The topological polar surface area (TPSA) is 122 Å². The van der Waals surface area contributed by atoms with E-state index in [1.807, 2.05) is 13.0 Å². The molecule has 1 aliphatic rings. The summed E-state index contributed by atoms with van der Waals surface area (Å²) in [7, 11) is 0. The summed E-state index contributed by atoms with van der Waals surface area (Å²) in [6.07, 6.45) is 4.74. The lowest BCUT2D eigenvalue weighted by Crippen LogP contribution is -2.33. The molecule has 2 amide bonds. The number of carbonyl (C=O) groups excluding carboxylic acids is 2. The summed E-state index contributed by atoms with van der Waals surface area (Å²) in [5, 5.41) is 12.8. The molecule has 2 unspecified atom stereocenters. The number of aromatic amines is 1. The van der Waals surface area contributed by atoms with Crippen molar-refractivity contribution in [1.82, 2.24) is 20.5 Å². The highest BCUT2D eigenvalue weighted by molar-refractivity contribution is 5.91. The average Bonchev–Trinajstić information content (AvgIpc) is 3.35. The van der Waals surface area contributed by atoms with Crippen molar-refractivity contribution in [2.75, 3.05) is 11.9 Å². The second kappa shape index (κ2) is 8.70. The highest BCUT2D eigenvalue weighted by atomic mass is 16.5.